The summed E-state index contributed by atoms with van der Waals surface area (Å²) < 4.78 is 5.75. The van der Waals surface area contributed by atoms with Gasteiger partial charge >= 0.3 is 0 Å². The van der Waals surface area contributed by atoms with Gasteiger partial charge in [0.15, 0.2) is 0 Å². The first-order valence-electron chi connectivity index (χ1n) is 9.71. The van der Waals surface area contributed by atoms with E-state index in [2.05, 4.69) is 34.9 Å². The van der Waals surface area contributed by atoms with Gasteiger partial charge in [0.2, 0.25) is 5.91 Å². The molecule has 2 saturated heterocycles. The second-order valence-corrected chi connectivity index (χ2v) is 7.41. The predicted octanol–water partition coefficient (Wildman–Crippen LogP) is 1.37. The monoisotopic (exact) mass is 360 g/mol. The first-order valence-corrected chi connectivity index (χ1v) is 9.71. The number of piperazine rings is 1. The number of benzene rings is 1. The maximum atomic E-state index is 12.7. The summed E-state index contributed by atoms with van der Waals surface area (Å²) in [6, 6.07) is 8.75. The number of hydrogen-bond donors (Lipinski definition) is 0. The molecule has 26 heavy (non-hydrogen) atoms. The number of carbonyl (C=O) groups is 1. The lowest BCUT2D eigenvalue weighted by molar-refractivity contribution is -0.132. The van der Waals surface area contributed by atoms with Crippen LogP contribution in [-0.4, -0.2) is 93.2 Å². The van der Waals surface area contributed by atoms with Crippen molar-refractivity contribution >= 4 is 11.6 Å². The van der Waals surface area contributed by atoms with Gasteiger partial charge in [-0.1, -0.05) is 12.1 Å². The first kappa shape index (κ1) is 19.0. The topological polar surface area (TPSA) is 39.3 Å². The zero-order valence-electron chi connectivity index (χ0n) is 16.4. The van der Waals surface area contributed by atoms with Crippen molar-refractivity contribution in [2.75, 3.05) is 71.4 Å². The fourth-order valence-corrected chi connectivity index (χ4v) is 3.86. The summed E-state index contributed by atoms with van der Waals surface area (Å²) in [5.41, 5.74) is 1.13. The highest BCUT2D eigenvalue weighted by atomic mass is 16.5. The summed E-state index contributed by atoms with van der Waals surface area (Å²) >= 11 is 0. The minimum atomic E-state index is 0.266. The van der Waals surface area contributed by atoms with Gasteiger partial charge < -0.3 is 19.4 Å². The predicted molar refractivity (Wildman–Crippen MR) is 105 cm³/mol. The van der Waals surface area contributed by atoms with E-state index in [1.165, 1.54) is 0 Å². The van der Waals surface area contributed by atoms with Gasteiger partial charge in [0.25, 0.3) is 0 Å². The van der Waals surface area contributed by atoms with Crippen LogP contribution >= 0.6 is 0 Å². The normalized spacial score (nSPS) is 21.5. The van der Waals surface area contributed by atoms with Crippen LogP contribution in [0.2, 0.25) is 0 Å². The largest absolute Gasteiger partial charge is 0.492 e. The lowest BCUT2D eigenvalue weighted by Gasteiger charge is -2.37. The Labute approximate surface area is 157 Å². The number of carbonyl (C=O) groups excluding carboxylic acids is 1. The standard InChI is InChI=1S/C20H32N4O2/c1-4-26-19-8-6-5-7-18(19)23-11-13-24(14-12-23)20(25)16-22-10-9-17(15-22)21(2)3/h5-8,17H,4,9-16H2,1-3H3/t17-/m1/s1. The number of para-hydroxylation sites is 2. The molecule has 0 N–H and O–H groups in total. The summed E-state index contributed by atoms with van der Waals surface area (Å²) in [5, 5.41) is 0. The quantitative estimate of drug-likeness (QED) is 0.766. The summed E-state index contributed by atoms with van der Waals surface area (Å²) in [5.74, 6) is 1.20. The molecule has 0 bridgehead atoms. The van der Waals surface area contributed by atoms with Crippen molar-refractivity contribution in [3.8, 4) is 5.75 Å². The van der Waals surface area contributed by atoms with Gasteiger partial charge in [-0.3, -0.25) is 9.69 Å². The number of rotatable bonds is 6. The summed E-state index contributed by atoms with van der Waals surface area (Å²) in [7, 11) is 4.24. The molecule has 6 nitrogen and oxygen atoms in total. The fourth-order valence-electron chi connectivity index (χ4n) is 3.86. The van der Waals surface area contributed by atoms with Crippen LogP contribution in [0, 0.1) is 0 Å². The third kappa shape index (κ3) is 4.48. The Morgan fingerprint density at radius 2 is 1.88 bits per heavy atom. The third-order valence-electron chi connectivity index (χ3n) is 5.47. The second kappa shape index (κ2) is 8.73. The molecule has 2 fully saturated rings. The smallest absolute Gasteiger partial charge is 0.236 e. The SMILES string of the molecule is CCOc1ccccc1N1CCN(C(=O)CN2CC[C@@H](N(C)C)C2)CC1. The third-order valence-corrected chi connectivity index (χ3v) is 5.47. The number of amides is 1. The zero-order chi connectivity index (χ0) is 18.5. The molecule has 0 radical (unpaired) electrons. The van der Waals surface area contributed by atoms with E-state index in [0.29, 0.717) is 19.2 Å². The van der Waals surface area contributed by atoms with Gasteiger partial charge in [-0.25, -0.2) is 0 Å². The Bertz CT molecular complexity index is 599. The summed E-state index contributed by atoms with van der Waals surface area (Å²) in [6.07, 6.45) is 1.16. The van der Waals surface area contributed by atoms with Crippen LogP contribution in [0.5, 0.6) is 5.75 Å². The molecule has 1 atom stereocenters. The van der Waals surface area contributed by atoms with E-state index in [1.54, 1.807) is 0 Å². The number of anilines is 1. The van der Waals surface area contributed by atoms with Crippen molar-refractivity contribution in [3.05, 3.63) is 24.3 Å². The Morgan fingerprint density at radius 3 is 2.54 bits per heavy atom. The molecule has 0 aromatic heterocycles. The average molecular weight is 361 g/mol. The zero-order valence-corrected chi connectivity index (χ0v) is 16.4. The summed E-state index contributed by atoms with van der Waals surface area (Å²) in [6.45, 7) is 8.53. The lowest BCUT2D eigenvalue weighted by Crippen LogP contribution is -2.51. The van der Waals surface area contributed by atoms with Crippen molar-refractivity contribution in [1.29, 1.82) is 0 Å². The van der Waals surface area contributed by atoms with Crippen LogP contribution in [0.25, 0.3) is 0 Å². The van der Waals surface area contributed by atoms with Crippen LogP contribution < -0.4 is 9.64 Å². The van der Waals surface area contributed by atoms with Gasteiger partial charge in [0.1, 0.15) is 5.75 Å². The van der Waals surface area contributed by atoms with Gasteiger partial charge in [0, 0.05) is 45.3 Å². The van der Waals surface area contributed by atoms with E-state index in [-0.39, 0.29) is 5.91 Å². The fraction of sp³-hybridized carbons (Fsp3) is 0.650. The van der Waals surface area contributed by atoms with Crippen LogP contribution in [0.3, 0.4) is 0 Å². The molecule has 6 heteroatoms. The molecule has 2 aliphatic rings. The number of hydrogen-bond acceptors (Lipinski definition) is 5. The highest BCUT2D eigenvalue weighted by Crippen LogP contribution is 2.28. The molecule has 1 aromatic rings. The van der Waals surface area contributed by atoms with E-state index < -0.39 is 0 Å². The highest BCUT2D eigenvalue weighted by Gasteiger charge is 2.28. The molecular formula is C20H32N4O2. The molecule has 0 spiro atoms. The maximum absolute atomic E-state index is 12.7. The van der Waals surface area contributed by atoms with E-state index in [1.807, 2.05) is 30.0 Å². The van der Waals surface area contributed by atoms with E-state index >= 15 is 0 Å². The molecule has 3 rings (SSSR count). The van der Waals surface area contributed by atoms with Crippen LogP contribution in [-0.2, 0) is 4.79 Å². The highest BCUT2D eigenvalue weighted by molar-refractivity contribution is 5.78. The van der Waals surface area contributed by atoms with Crippen molar-refractivity contribution in [1.82, 2.24) is 14.7 Å². The Hall–Kier alpha value is -1.79. The molecule has 1 amide bonds. The van der Waals surface area contributed by atoms with E-state index in [4.69, 9.17) is 4.74 Å². The molecule has 1 aromatic carbocycles. The van der Waals surface area contributed by atoms with Gasteiger partial charge in [-0.15, -0.1) is 0 Å². The molecular weight excluding hydrogens is 328 g/mol. The maximum Gasteiger partial charge on any atom is 0.236 e. The Kier molecular flexibility index (Phi) is 6.38. The second-order valence-electron chi connectivity index (χ2n) is 7.41. The van der Waals surface area contributed by atoms with Crippen LogP contribution in [0.15, 0.2) is 24.3 Å². The lowest BCUT2D eigenvalue weighted by atomic mass is 10.2. The molecule has 0 unspecified atom stereocenters. The number of likely N-dealkylation sites (tertiary alicyclic amines) is 1. The van der Waals surface area contributed by atoms with Gasteiger partial charge in [-0.05, 0) is 39.6 Å². The van der Waals surface area contributed by atoms with E-state index in [0.717, 1.165) is 57.1 Å². The van der Waals surface area contributed by atoms with Crippen LogP contribution in [0.4, 0.5) is 5.69 Å². The number of ether oxygens (including phenoxy) is 1. The molecule has 0 aliphatic carbocycles. The van der Waals surface area contributed by atoms with Crippen molar-refractivity contribution in [2.24, 2.45) is 0 Å². The molecule has 0 saturated carbocycles. The minimum absolute atomic E-state index is 0.266. The molecule has 2 heterocycles. The molecule has 144 valence electrons. The minimum Gasteiger partial charge on any atom is -0.492 e. The van der Waals surface area contributed by atoms with E-state index in [9.17, 15) is 4.79 Å². The van der Waals surface area contributed by atoms with Crippen molar-refractivity contribution in [2.45, 2.75) is 19.4 Å². The number of nitrogens with zero attached hydrogens (tertiary/aromatic N) is 4. The van der Waals surface area contributed by atoms with Gasteiger partial charge in [0.05, 0.1) is 18.8 Å². The average Bonchev–Trinajstić information content (AvgIpc) is 3.11. The van der Waals surface area contributed by atoms with Crippen molar-refractivity contribution < 1.29 is 9.53 Å². The first-order chi connectivity index (χ1) is 12.6. The summed E-state index contributed by atoms with van der Waals surface area (Å²) in [4.78, 5) is 21.6. The number of likely N-dealkylation sites (N-methyl/N-ethyl adjacent to an activating group) is 1. The Balaban J connectivity index is 1.50. The Morgan fingerprint density at radius 1 is 1.15 bits per heavy atom. The van der Waals surface area contributed by atoms with Crippen molar-refractivity contribution in [3.63, 3.8) is 0 Å². The van der Waals surface area contributed by atoms with Gasteiger partial charge in [-0.2, -0.15) is 0 Å². The van der Waals surface area contributed by atoms with Crippen LogP contribution in [0.1, 0.15) is 13.3 Å². The molecule has 2 aliphatic heterocycles.